The third kappa shape index (κ3) is 3.54. The van der Waals surface area contributed by atoms with Crippen LogP contribution >= 0.6 is 0 Å². The van der Waals surface area contributed by atoms with E-state index < -0.39 is 0 Å². The second-order valence-electron chi connectivity index (χ2n) is 6.81. The average molecular weight is 353 g/mol. The summed E-state index contributed by atoms with van der Waals surface area (Å²) in [6.45, 7) is 5.36. The van der Waals surface area contributed by atoms with Crippen LogP contribution in [0.5, 0.6) is 0 Å². The molecule has 2 amide bonds. The van der Waals surface area contributed by atoms with E-state index in [-0.39, 0.29) is 23.1 Å². The second kappa shape index (κ2) is 7.15. The number of benzene rings is 1. The van der Waals surface area contributed by atoms with Crippen LogP contribution in [0, 0.1) is 13.8 Å². The molecule has 1 aliphatic rings. The Balaban J connectivity index is 1.89. The summed E-state index contributed by atoms with van der Waals surface area (Å²) in [4.78, 5) is 39.3. The molecule has 6 nitrogen and oxygen atoms in total. The number of nitrogens with one attached hydrogen (secondary N) is 1. The Morgan fingerprint density at radius 1 is 1.00 bits per heavy atom. The van der Waals surface area contributed by atoms with Crippen molar-refractivity contribution >= 4 is 17.5 Å². The van der Waals surface area contributed by atoms with Gasteiger partial charge < -0.3 is 14.8 Å². The Hall–Kier alpha value is -2.89. The first-order valence-corrected chi connectivity index (χ1v) is 8.75. The summed E-state index contributed by atoms with van der Waals surface area (Å²) in [5.41, 5.74) is 2.75. The van der Waals surface area contributed by atoms with Gasteiger partial charge in [-0.05, 0) is 56.0 Å². The van der Waals surface area contributed by atoms with E-state index >= 15 is 0 Å². The predicted molar refractivity (Wildman–Crippen MR) is 101 cm³/mol. The molecule has 1 saturated heterocycles. The van der Waals surface area contributed by atoms with Crippen molar-refractivity contribution in [2.24, 2.45) is 7.05 Å². The van der Waals surface area contributed by atoms with Crippen LogP contribution in [0.2, 0.25) is 0 Å². The minimum atomic E-state index is -0.365. The summed E-state index contributed by atoms with van der Waals surface area (Å²) in [5.74, 6) is -0.476. The maximum Gasteiger partial charge on any atom is 0.274 e. The van der Waals surface area contributed by atoms with Crippen LogP contribution in [0.15, 0.2) is 35.3 Å². The number of rotatable bonds is 3. The number of carbonyl (C=O) groups is 2. The second-order valence-corrected chi connectivity index (χ2v) is 6.81. The molecule has 0 saturated carbocycles. The SMILES string of the molecule is Cc1ccc(C(=O)Nc2cc(C(=O)N3CCCC3)cn(C)c2=O)cc1C. The van der Waals surface area contributed by atoms with Crippen LogP contribution in [-0.4, -0.2) is 34.4 Å². The maximum absolute atomic E-state index is 12.6. The molecule has 0 unspecified atom stereocenters. The van der Waals surface area contributed by atoms with Gasteiger partial charge in [-0.25, -0.2) is 0 Å². The standard InChI is InChI=1S/C20H23N3O3/c1-13-6-7-15(10-14(13)2)18(24)21-17-11-16(12-22(3)20(17)26)19(25)23-8-4-5-9-23/h6-7,10-12H,4-5,8-9H2,1-3H3,(H,21,24). The van der Waals surface area contributed by atoms with Crippen molar-refractivity contribution in [3.05, 3.63) is 63.1 Å². The highest BCUT2D eigenvalue weighted by Crippen LogP contribution is 2.15. The summed E-state index contributed by atoms with van der Waals surface area (Å²) in [5, 5.41) is 2.66. The van der Waals surface area contributed by atoms with Crippen LogP contribution in [-0.2, 0) is 7.05 Å². The smallest absolute Gasteiger partial charge is 0.274 e. The van der Waals surface area contributed by atoms with Gasteiger partial charge in [0, 0.05) is 31.9 Å². The first-order chi connectivity index (χ1) is 12.4. The number of nitrogens with zero attached hydrogens (tertiary/aromatic N) is 2. The number of carbonyl (C=O) groups excluding carboxylic acids is 2. The van der Waals surface area contributed by atoms with Gasteiger partial charge in [0.15, 0.2) is 0 Å². The highest BCUT2D eigenvalue weighted by atomic mass is 16.2. The van der Waals surface area contributed by atoms with E-state index in [4.69, 9.17) is 0 Å². The minimum absolute atomic E-state index is 0.111. The van der Waals surface area contributed by atoms with Crippen LogP contribution in [0.4, 0.5) is 5.69 Å². The van der Waals surface area contributed by atoms with Crippen LogP contribution in [0.1, 0.15) is 44.7 Å². The van der Waals surface area contributed by atoms with Crippen molar-refractivity contribution in [3.63, 3.8) is 0 Å². The van der Waals surface area contributed by atoms with E-state index in [1.165, 1.54) is 16.8 Å². The van der Waals surface area contributed by atoms with Crippen molar-refractivity contribution in [1.82, 2.24) is 9.47 Å². The van der Waals surface area contributed by atoms with E-state index in [0.29, 0.717) is 11.1 Å². The first kappa shape index (κ1) is 17.9. The Kier molecular flexibility index (Phi) is 4.93. The van der Waals surface area contributed by atoms with Gasteiger partial charge in [-0.15, -0.1) is 0 Å². The fraction of sp³-hybridized carbons (Fsp3) is 0.350. The fourth-order valence-electron chi connectivity index (χ4n) is 3.10. The molecular weight excluding hydrogens is 330 g/mol. The number of pyridine rings is 1. The normalized spacial score (nSPS) is 13.7. The number of amides is 2. The zero-order valence-electron chi connectivity index (χ0n) is 15.3. The number of aryl methyl sites for hydroxylation is 3. The lowest BCUT2D eigenvalue weighted by Crippen LogP contribution is -2.30. The number of likely N-dealkylation sites (tertiary alicyclic amines) is 1. The maximum atomic E-state index is 12.6. The average Bonchev–Trinajstić information content (AvgIpc) is 3.15. The first-order valence-electron chi connectivity index (χ1n) is 8.75. The molecular formula is C20H23N3O3. The lowest BCUT2D eigenvalue weighted by Gasteiger charge is -2.16. The molecule has 0 spiro atoms. The lowest BCUT2D eigenvalue weighted by molar-refractivity contribution is 0.0791. The van der Waals surface area contributed by atoms with Gasteiger partial charge in [-0.3, -0.25) is 14.4 Å². The van der Waals surface area contributed by atoms with Gasteiger partial charge >= 0.3 is 0 Å². The number of hydrogen-bond acceptors (Lipinski definition) is 3. The molecule has 0 atom stereocenters. The molecule has 0 radical (unpaired) electrons. The Labute approximate surface area is 152 Å². The van der Waals surface area contributed by atoms with E-state index in [1.807, 2.05) is 19.9 Å². The van der Waals surface area contributed by atoms with E-state index in [1.54, 1.807) is 24.1 Å². The van der Waals surface area contributed by atoms with Gasteiger partial charge in [-0.1, -0.05) is 6.07 Å². The van der Waals surface area contributed by atoms with Crippen molar-refractivity contribution in [3.8, 4) is 0 Å². The molecule has 3 rings (SSSR count). The topological polar surface area (TPSA) is 71.4 Å². The Bertz CT molecular complexity index is 924. The molecule has 136 valence electrons. The number of anilines is 1. The largest absolute Gasteiger partial charge is 0.339 e. The third-order valence-electron chi connectivity index (χ3n) is 4.84. The molecule has 1 N–H and O–H groups in total. The molecule has 1 aromatic heterocycles. The highest BCUT2D eigenvalue weighted by Gasteiger charge is 2.21. The summed E-state index contributed by atoms with van der Waals surface area (Å²) in [6.07, 6.45) is 3.51. The van der Waals surface area contributed by atoms with Gasteiger partial charge in [0.25, 0.3) is 17.4 Å². The zero-order valence-corrected chi connectivity index (χ0v) is 15.3. The quantitative estimate of drug-likeness (QED) is 0.921. The van der Waals surface area contributed by atoms with Crippen molar-refractivity contribution in [1.29, 1.82) is 0 Å². The van der Waals surface area contributed by atoms with Gasteiger partial charge in [-0.2, -0.15) is 0 Å². The van der Waals surface area contributed by atoms with Crippen molar-refractivity contribution in [2.45, 2.75) is 26.7 Å². The molecule has 1 fully saturated rings. The van der Waals surface area contributed by atoms with Gasteiger partial charge in [0.1, 0.15) is 5.69 Å². The molecule has 1 aliphatic heterocycles. The predicted octanol–water partition coefficient (Wildman–Crippen LogP) is 2.49. The summed E-state index contributed by atoms with van der Waals surface area (Å²) >= 11 is 0. The van der Waals surface area contributed by atoms with E-state index in [0.717, 1.165) is 37.1 Å². The lowest BCUT2D eigenvalue weighted by atomic mass is 10.1. The molecule has 2 heterocycles. The monoisotopic (exact) mass is 353 g/mol. The van der Waals surface area contributed by atoms with Crippen LogP contribution in [0.3, 0.4) is 0 Å². The highest BCUT2D eigenvalue weighted by molar-refractivity contribution is 6.05. The van der Waals surface area contributed by atoms with Gasteiger partial charge in [0.2, 0.25) is 0 Å². The summed E-state index contributed by atoms with van der Waals surface area (Å²) in [6, 6.07) is 6.85. The van der Waals surface area contributed by atoms with Crippen LogP contribution < -0.4 is 10.9 Å². The summed E-state index contributed by atoms with van der Waals surface area (Å²) in [7, 11) is 1.58. The Morgan fingerprint density at radius 2 is 1.69 bits per heavy atom. The van der Waals surface area contributed by atoms with Crippen LogP contribution in [0.25, 0.3) is 0 Å². The minimum Gasteiger partial charge on any atom is -0.339 e. The molecule has 0 bridgehead atoms. The molecule has 0 aliphatic carbocycles. The third-order valence-corrected chi connectivity index (χ3v) is 4.84. The van der Waals surface area contributed by atoms with Gasteiger partial charge in [0.05, 0.1) is 5.56 Å². The molecule has 2 aromatic rings. The number of hydrogen-bond donors (Lipinski definition) is 1. The van der Waals surface area contributed by atoms with E-state index in [2.05, 4.69) is 5.32 Å². The summed E-state index contributed by atoms with van der Waals surface area (Å²) < 4.78 is 1.33. The zero-order chi connectivity index (χ0) is 18.8. The number of aromatic nitrogens is 1. The molecule has 1 aromatic carbocycles. The molecule has 6 heteroatoms. The van der Waals surface area contributed by atoms with E-state index in [9.17, 15) is 14.4 Å². The fourth-order valence-corrected chi connectivity index (χ4v) is 3.10. The Morgan fingerprint density at radius 3 is 2.35 bits per heavy atom. The van der Waals surface area contributed by atoms with Crippen molar-refractivity contribution < 1.29 is 9.59 Å². The molecule has 26 heavy (non-hydrogen) atoms. The van der Waals surface area contributed by atoms with Crippen molar-refractivity contribution in [2.75, 3.05) is 18.4 Å².